The van der Waals surface area contributed by atoms with E-state index in [0.717, 1.165) is 33.8 Å². The third kappa shape index (κ3) is 3.10. The van der Waals surface area contributed by atoms with Crippen molar-refractivity contribution in [2.45, 2.75) is 32.6 Å². The molecule has 0 N–H and O–H groups in total. The lowest BCUT2D eigenvalue weighted by atomic mass is 10.1. The molecule has 1 aromatic heterocycles. The second-order valence-corrected chi connectivity index (χ2v) is 5.54. The summed E-state index contributed by atoms with van der Waals surface area (Å²) in [6.45, 7) is 4.28. The average Bonchev–Trinajstić information content (AvgIpc) is 2.87. The molecule has 1 aromatic carbocycles. The smallest absolute Gasteiger partial charge is 0.315 e. The molecular weight excluding hydrogens is 274 g/mol. The number of methoxy groups -OCH3 is 1. The van der Waals surface area contributed by atoms with Gasteiger partial charge in [-0.05, 0) is 31.5 Å². The third-order valence-corrected chi connectivity index (χ3v) is 4.19. The van der Waals surface area contributed by atoms with E-state index in [4.69, 9.17) is 9.47 Å². The van der Waals surface area contributed by atoms with Crippen molar-refractivity contribution in [3.8, 4) is 5.75 Å². The molecule has 4 nitrogen and oxygen atoms in total. The number of aromatic nitrogens is 1. The van der Waals surface area contributed by atoms with Crippen LogP contribution in [0, 0.1) is 0 Å². The van der Waals surface area contributed by atoms with Gasteiger partial charge in [0.1, 0.15) is 16.7 Å². The van der Waals surface area contributed by atoms with Crippen LogP contribution in [0.25, 0.3) is 10.2 Å². The zero-order valence-corrected chi connectivity index (χ0v) is 12.8. The van der Waals surface area contributed by atoms with E-state index in [0.29, 0.717) is 6.61 Å². The minimum atomic E-state index is -0.261. The lowest BCUT2D eigenvalue weighted by Gasteiger charge is -2.11. The van der Waals surface area contributed by atoms with Gasteiger partial charge in [-0.1, -0.05) is 13.3 Å². The van der Waals surface area contributed by atoms with Gasteiger partial charge in [-0.25, -0.2) is 4.98 Å². The molecule has 1 heterocycles. The Hall–Kier alpha value is -1.62. The summed E-state index contributed by atoms with van der Waals surface area (Å²) < 4.78 is 11.4. The number of nitrogens with zero attached hydrogens (tertiary/aromatic N) is 1. The molecule has 20 heavy (non-hydrogen) atoms. The van der Waals surface area contributed by atoms with Crippen LogP contribution in [0.5, 0.6) is 5.75 Å². The van der Waals surface area contributed by atoms with Gasteiger partial charge in [0.2, 0.25) is 0 Å². The second-order valence-electron chi connectivity index (χ2n) is 4.48. The number of thiazole rings is 1. The van der Waals surface area contributed by atoms with E-state index in [1.54, 1.807) is 7.11 Å². The number of ether oxygens (including phenoxy) is 2. The van der Waals surface area contributed by atoms with Crippen LogP contribution in [0.1, 0.15) is 37.6 Å². The fourth-order valence-electron chi connectivity index (χ4n) is 2.07. The molecule has 0 aliphatic heterocycles. The van der Waals surface area contributed by atoms with Crippen molar-refractivity contribution in [2.24, 2.45) is 0 Å². The van der Waals surface area contributed by atoms with E-state index >= 15 is 0 Å². The highest BCUT2D eigenvalue weighted by molar-refractivity contribution is 7.18. The number of hydrogen-bond donors (Lipinski definition) is 0. The molecular formula is C15H19NO3S. The summed E-state index contributed by atoms with van der Waals surface area (Å²) >= 11 is 1.54. The zero-order valence-electron chi connectivity index (χ0n) is 12.0. The van der Waals surface area contributed by atoms with Crippen molar-refractivity contribution >= 4 is 27.5 Å². The third-order valence-electron chi connectivity index (χ3n) is 3.06. The molecule has 2 rings (SSSR count). The monoisotopic (exact) mass is 293 g/mol. The van der Waals surface area contributed by atoms with Crippen LogP contribution in [0.15, 0.2) is 18.2 Å². The van der Waals surface area contributed by atoms with Gasteiger partial charge in [-0.15, -0.1) is 11.3 Å². The summed E-state index contributed by atoms with van der Waals surface area (Å²) in [5, 5.41) is 0.827. The molecule has 0 aliphatic rings. The number of carbonyl (C=O) groups is 1. The first kappa shape index (κ1) is 14.8. The van der Waals surface area contributed by atoms with E-state index in [2.05, 4.69) is 11.9 Å². The predicted octanol–water partition coefficient (Wildman–Crippen LogP) is 3.75. The van der Waals surface area contributed by atoms with Crippen molar-refractivity contribution in [1.29, 1.82) is 0 Å². The maximum absolute atomic E-state index is 12.1. The number of carbonyl (C=O) groups excluding carboxylic acids is 1. The van der Waals surface area contributed by atoms with Gasteiger partial charge >= 0.3 is 5.97 Å². The normalized spacial score (nSPS) is 12.3. The van der Waals surface area contributed by atoms with Crippen molar-refractivity contribution < 1.29 is 14.3 Å². The highest BCUT2D eigenvalue weighted by Crippen LogP contribution is 2.32. The molecule has 1 unspecified atom stereocenters. The Bertz CT molecular complexity index is 594. The predicted molar refractivity (Wildman–Crippen MR) is 80.5 cm³/mol. The fraction of sp³-hybridized carbons (Fsp3) is 0.467. The summed E-state index contributed by atoms with van der Waals surface area (Å²) in [6.07, 6.45) is 1.68. The largest absolute Gasteiger partial charge is 0.497 e. The van der Waals surface area contributed by atoms with Gasteiger partial charge in [-0.3, -0.25) is 4.79 Å². The standard InChI is InChI=1S/C15H19NO3S/c1-4-6-11(15(17)19-5-2)14-16-12-8-7-10(18-3)9-13(12)20-14/h7-9,11H,4-6H2,1-3H3. The Morgan fingerprint density at radius 3 is 2.85 bits per heavy atom. The number of benzene rings is 1. The average molecular weight is 293 g/mol. The molecule has 2 aromatic rings. The van der Waals surface area contributed by atoms with E-state index in [9.17, 15) is 4.79 Å². The molecule has 0 fully saturated rings. The Labute approximate surface area is 122 Å². The van der Waals surface area contributed by atoms with Crippen LogP contribution in [0.4, 0.5) is 0 Å². The van der Waals surface area contributed by atoms with Gasteiger partial charge in [0, 0.05) is 0 Å². The first-order chi connectivity index (χ1) is 9.69. The van der Waals surface area contributed by atoms with Crippen LogP contribution in [-0.2, 0) is 9.53 Å². The van der Waals surface area contributed by atoms with Crippen LogP contribution in [0.3, 0.4) is 0 Å². The number of fused-ring (bicyclic) bond motifs is 1. The van der Waals surface area contributed by atoms with E-state index in [-0.39, 0.29) is 11.9 Å². The van der Waals surface area contributed by atoms with E-state index in [1.165, 1.54) is 11.3 Å². The van der Waals surface area contributed by atoms with Crippen molar-refractivity contribution in [1.82, 2.24) is 4.98 Å². The molecule has 0 amide bonds. The minimum Gasteiger partial charge on any atom is -0.497 e. The molecule has 0 saturated carbocycles. The minimum absolute atomic E-state index is 0.180. The maximum atomic E-state index is 12.1. The number of esters is 1. The first-order valence-corrected chi connectivity index (χ1v) is 7.62. The van der Waals surface area contributed by atoms with Crippen molar-refractivity contribution in [3.63, 3.8) is 0 Å². The van der Waals surface area contributed by atoms with Gasteiger partial charge < -0.3 is 9.47 Å². The summed E-state index contributed by atoms with van der Waals surface area (Å²) in [6, 6.07) is 5.75. The van der Waals surface area contributed by atoms with Crippen LogP contribution >= 0.6 is 11.3 Å². The summed E-state index contributed by atoms with van der Waals surface area (Å²) in [7, 11) is 1.64. The summed E-state index contributed by atoms with van der Waals surface area (Å²) in [4.78, 5) is 16.6. The number of hydrogen-bond acceptors (Lipinski definition) is 5. The first-order valence-electron chi connectivity index (χ1n) is 6.80. The maximum Gasteiger partial charge on any atom is 0.315 e. The van der Waals surface area contributed by atoms with E-state index < -0.39 is 0 Å². The van der Waals surface area contributed by atoms with Gasteiger partial charge in [-0.2, -0.15) is 0 Å². The Balaban J connectivity index is 2.35. The molecule has 0 saturated heterocycles. The molecule has 0 spiro atoms. The van der Waals surface area contributed by atoms with Gasteiger partial charge in [0.15, 0.2) is 0 Å². The lowest BCUT2D eigenvalue weighted by Crippen LogP contribution is -2.15. The molecule has 0 bridgehead atoms. The Morgan fingerprint density at radius 1 is 1.40 bits per heavy atom. The molecule has 5 heteroatoms. The van der Waals surface area contributed by atoms with Crippen molar-refractivity contribution in [2.75, 3.05) is 13.7 Å². The van der Waals surface area contributed by atoms with Crippen LogP contribution in [-0.4, -0.2) is 24.7 Å². The Morgan fingerprint density at radius 2 is 2.20 bits per heavy atom. The van der Waals surface area contributed by atoms with Gasteiger partial charge in [0.25, 0.3) is 0 Å². The quantitative estimate of drug-likeness (QED) is 0.761. The topological polar surface area (TPSA) is 48.4 Å². The number of rotatable bonds is 6. The summed E-state index contributed by atoms with van der Waals surface area (Å²) in [5.41, 5.74) is 0.899. The Kier molecular flexibility index (Phi) is 4.95. The van der Waals surface area contributed by atoms with E-state index in [1.807, 2.05) is 25.1 Å². The highest BCUT2D eigenvalue weighted by Gasteiger charge is 2.24. The van der Waals surface area contributed by atoms with Crippen LogP contribution < -0.4 is 4.74 Å². The fourth-order valence-corrected chi connectivity index (χ4v) is 3.19. The SMILES string of the molecule is CCCC(C(=O)OCC)c1nc2ccc(OC)cc2s1. The molecule has 108 valence electrons. The highest BCUT2D eigenvalue weighted by atomic mass is 32.1. The molecule has 1 atom stereocenters. The zero-order chi connectivity index (χ0) is 14.5. The second kappa shape index (κ2) is 6.70. The molecule has 0 aliphatic carbocycles. The molecule has 0 radical (unpaired) electrons. The van der Waals surface area contributed by atoms with Gasteiger partial charge in [0.05, 0.1) is 23.9 Å². The van der Waals surface area contributed by atoms with Crippen molar-refractivity contribution in [3.05, 3.63) is 23.2 Å². The van der Waals surface area contributed by atoms with Crippen LogP contribution in [0.2, 0.25) is 0 Å². The lowest BCUT2D eigenvalue weighted by molar-refractivity contribution is -0.145. The summed E-state index contributed by atoms with van der Waals surface area (Å²) in [5.74, 6) is 0.361.